The summed E-state index contributed by atoms with van der Waals surface area (Å²) in [6.45, 7) is 0. The van der Waals surface area contributed by atoms with Crippen LogP contribution in [-0.2, 0) is 19.8 Å². The van der Waals surface area contributed by atoms with Gasteiger partial charge in [0.05, 0.1) is 0 Å². The van der Waals surface area contributed by atoms with Crippen molar-refractivity contribution in [3.05, 3.63) is 60.7 Å². The predicted molar refractivity (Wildman–Crippen MR) is 52.6 cm³/mol. The zero-order valence-electron chi connectivity index (χ0n) is 7.48. The van der Waals surface area contributed by atoms with E-state index in [1.54, 1.807) is 0 Å². The van der Waals surface area contributed by atoms with Crippen molar-refractivity contribution in [3.8, 4) is 11.1 Å². The quantitative estimate of drug-likeness (QED) is 0.692. The molecule has 0 bridgehead atoms. The van der Waals surface area contributed by atoms with Gasteiger partial charge in [-0.15, -0.1) is 0 Å². The zero-order valence-corrected chi connectivity index (χ0v) is 8.42. The SMILES string of the molecule is [O]=[Cu].c1ccc(-c2ccccc2)cc1. The summed E-state index contributed by atoms with van der Waals surface area (Å²) in [5.74, 6) is 0. The summed E-state index contributed by atoms with van der Waals surface area (Å²) in [6, 6.07) is 20.8. The maximum Gasteiger partial charge on any atom is -0.0184 e. The molecule has 1 nitrogen and oxygen atoms in total. The summed E-state index contributed by atoms with van der Waals surface area (Å²) in [6.07, 6.45) is 0. The Balaban J connectivity index is 0.000000461. The summed E-state index contributed by atoms with van der Waals surface area (Å²) in [4.78, 5) is 0. The molecule has 0 aliphatic carbocycles. The van der Waals surface area contributed by atoms with Crippen LogP contribution in [0.2, 0.25) is 0 Å². The minimum absolute atomic E-state index is 1.28. The van der Waals surface area contributed by atoms with Gasteiger partial charge in [0.2, 0.25) is 0 Å². The molecule has 0 unspecified atom stereocenters. The molecule has 14 heavy (non-hydrogen) atoms. The third-order valence-corrected chi connectivity index (χ3v) is 1.88. The molecule has 0 saturated heterocycles. The van der Waals surface area contributed by atoms with E-state index in [0.717, 1.165) is 0 Å². The Morgan fingerprint density at radius 1 is 0.571 bits per heavy atom. The molecule has 0 spiro atoms. The second-order valence-electron chi connectivity index (χ2n) is 2.73. The third-order valence-electron chi connectivity index (χ3n) is 1.88. The molecule has 0 heterocycles. The van der Waals surface area contributed by atoms with Crippen molar-refractivity contribution in [2.24, 2.45) is 0 Å². The van der Waals surface area contributed by atoms with Gasteiger partial charge in [-0.3, -0.25) is 0 Å². The normalized spacial score (nSPS) is 8.71. The zero-order chi connectivity index (χ0) is 10.2. The van der Waals surface area contributed by atoms with Gasteiger partial charge in [0.1, 0.15) is 0 Å². The molecule has 2 heteroatoms. The van der Waals surface area contributed by atoms with Crippen LogP contribution in [0.4, 0.5) is 0 Å². The molecular formula is C12H10CuO. The van der Waals surface area contributed by atoms with Gasteiger partial charge >= 0.3 is 19.8 Å². The first-order chi connectivity index (χ1) is 6.97. The average Bonchev–Trinajstić information content (AvgIpc) is 2.34. The molecule has 0 amide bonds. The predicted octanol–water partition coefficient (Wildman–Crippen LogP) is 3.23. The van der Waals surface area contributed by atoms with Gasteiger partial charge in [-0.2, -0.15) is 0 Å². The fraction of sp³-hybridized carbons (Fsp3) is 0. The average molecular weight is 234 g/mol. The van der Waals surface area contributed by atoms with Crippen molar-refractivity contribution in [1.82, 2.24) is 0 Å². The molecule has 0 aromatic heterocycles. The first-order valence-electron chi connectivity index (χ1n) is 4.19. The Hall–Kier alpha value is -1.24. The van der Waals surface area contributed by atoms with Crippen molar-refractivity contribution < 1.29 is 19.8 Å². The van der Waals surface area contributed by atoms with Gasteiger partial charge in [0, 0.05) is 0 Å². The van der Waals surface area contributed by atoms with Crippen LogP contribution in [0, 0.1) is 0 Å². The topological polar surface area (TPSA) is 17.1 Å². The van der Waals surface area contributed by atoms with Gasteiger partial charge in [-0.1, -0.05) is 60.7 Å². The summed E-state index contributed by atoms with van der Waals surface area (Å²) in [5.41, 5.74) is 2.55. The first kappa shape index (κ1) is 10.8. The molecule has 2 aromatic rings. The number of benzene rings is 2. The van der Waals surface area contributed by atoms with E-state index in [0.29, 0.717) is 0 Å². The molecule has 75 valence electrons. The molecule has 0 radical (unpaired) electrons. The maximum atomic E-state index is 7.81. The van der Waals surface area contributed by atoms with Crippen molar-refractivity contribution in [2.45, 2.75) is 0 Å². The third kappa shape index (κ3) is 2.91. The first-order valence-corrected chi connectivity index (χ1v) is 4.58. The second kappa shape index (κ2) is 6.25. The Labute approximate surface area is 91.8 Å². The minimum atomic E-state index is 1.28. The van der Waals surface area contributed by atoms with E-state index < -0.39 is 0 Å². The molecular weight excluding hydrogens is 224 g/mol. The van der Waals surface area contributed by atoms with Crippen molar-refractivity contribution >= 4 is 0 Å². The van der Waals surface area contributed by atoms with E-state index in [9.17, 15) is 0 Å². The van der Waals surface area contributed by atoms with Crippen LogP contribution in [-0.4, -0.2) is 0 Å². The second-order valence-corrected chi connectivity index (χ2v) is 2.73. The molecule has 0 atom stereocenters. The molecule has 2 rings (SSSR count). The molecule has 0 fully saturated rings. The van der Waals surface area contributed by atoms with Gasteiger partial charge in [0.15, 0.2) is 0 Å². The van der Waals surface area contributed by atoms with Crippen LogP contribution in [0.5, 0.6) is 0 Å². The van der Waals surface area contributed by atoms with E-state index in [4.69, 9.17) is 3.83 Å². The Bertz CT molecular complexity index is 321. The molecule has 0 aliphatic rings. The Kier molecular flexibility index (Phi) is 4.84. The molecule has 0 N–H and O–H groups in total. The Morgan fingerprint density at radius 2 is 0.857 bits per heavy atom. The molecule has 0 aliphatic heterocycles. The number of hydrogen-bond donors (Lipinski definition) is 0. The van der Waals surface area contributed by atoms with Gasteiger partial charge in [-0.05, 0) is 11.1 Å². The van der Waals surface area contributed by atoms with Gasteiger partial charge in [-0.25, -0.2) is 0 Å². The monoisotopic (exact) mass is 233 g/mol. The van der Waals surface area contributed by atoms with E-state index in [1.165, 1.54) is 11.1 Å². The van der Waals surface area contributed by atoms with Crippen LogP contribution in [0.15, 0.2) is 60.7 Å². The van der Waals surface area contributed by atoms with Crippen molar-refractivity contribution in [1.29, 1.82) is 0 Å². The van der Waals surface area contributed by atoms with Crippen LogP contribution >= 0.6 is 0 Å². The van der Waals surface area contributed by atoms with Crippen molar-refractivity contribution in [3.63, 3.8) is 0 Å². The Morgan fingerprint density at radius 3 is 1.14 bits per heavy atom. The van der Waals surface area contributed by atoms with Crippen LogP contribution in [0.25, 0.3) is 11.1 Å². The van der Waals surface area contributed by atoms with Crippen LogP contribution in [0.1, 0.15) is 0 Å². The summed E-state index contributed by atoms with van der Waals surface area (Å²) in [7, 11) is 0. The number of hydrogen-bond acceptors (Lipinski definition) is 1. The van der Waals surface area contributed by atoms with Crippen LogP contribution in [0.3, 0.4) is 0 Å². The fourth-order valence-corrected chi connectivity index (χ4v) is 1.26. The van der Waals surface area contributed by atoms with Gasteiger partial charge in [0.25, 0.3) is 0 Å². The fourth-order valence-electron chi connectivity index (χ4n) is 1.26. The van der Waals surface area contributed by atoms with E-state index in [1.807, 2.05) is 12.1 Å². The van der Waals surface area contributed by atoms with E-state index in [-0.39, 0.29) is 0 Å². The molecule has 0 saturated carbocycles. The van der Waals surface area contributed by atoms with E-state index >= 15 is 0 Å². The van der Waals surface area contributed by atoms with E-state index in [2.05, 4.69) is 64.5 Å². The molecule has 2 aromatic carbocycles. The number of rotatable bonds is 1. The standard InChI is InChI=1S/C12H10.Cu.O/c1-3-7-11(8-4-1)12-9-5-2-6-10-12;;/h1-10H;;. The minimum Gasteiger partial charge on any atom is -0.0622 e. The summed E-state index contributed by atoms with van der Waals surface area (Å²) < 4.78 is 7.81. The van der Waals surface area contributed by atoms with Gasteiger partial charge < -0.3 is 0 Å². The largest absolute Gasteiger partial charge is 0.0622 e. The van der Waals surface area contributed by atoms with Crippen LogP contribution < -0.4 is 0 Å². The summed E-state index contributed by atoms with van der Waals surface area (Å²) in [5, 5.41) is 0. The maximum absolute atomic E-state index is 7.81. The smallest absolute Gasteiger partial charge is 0.0184 e. The summed E-state index contributed by atoms with van der Waals surface area (Å²) >= 11 is 2.94. The van der Waals surface area contributed by atoms with Crippen molar-refractivity contribution in [2.75, 3.05) is 0 Å².